The zero-order valence-electron chi connectivity index (χ0n) is 6.86. The van der Waals surface area contributed by atoms with Crippen LogP contribution in [0.25, 0.3) is 0 Å². The molecule has 4 heteroatoms. The summed E-state index contributed by atoms with van der Waals surface area (Å²) in [6.07, 6.45) is 0.107. The van der Waals surface area contributed by atoms with E-state index in [1.165, 1.54) is 0 Å². The number of hydrogen-bond donors (Lipinski definition) is 3. The van der Waals surface area contributed by atoms with Gasteiger partial charge < -0.3 is 20.7 Å². The Morgan fingerprint density at radius 1 is 1.55 bits per heavy atom. The van der Waals surface area contributed by atoms with Gasteiger partial charge in [0, 0.05) is 6.04 Å². The summed E-state index contributed by atoms with van der Waals surface area (Å²) in [6, 6.07) is -0.228. The van der Waals surface area contributed by atoms with Crippen LogP contribution in [0, 0.1) is 0 Å². The topological polar surface area (TPSA) is 75.7 Å². The van der Waals surface area contributed by atoms with E-state index in [1.807, 2.05) is 6.92 Å². The van der Waals surface area contributed by atoms with Gasteiger partial charge in [-0.15, -0.1) is 0 Å². The second kappa shape index (κ2) is 6.54. The van der Waals surface area contributed by atoms with E-state index in [0.717, 1.165) is 6.42 Å². The van der Waals surface area contributed by atoms with E-state index < -0.39 is 6.10 Å². The predicted molar refractivity (Wildman–Crippen MR) is 42.2 cm³/mol. The molecule has 2 unspecified atom stereocenters. The Hall–Kier alpha value is -0.160. The highest BCUT2D eigenvalue weighted by Crippen LogP contribution is 1.95. The van der Waals surface area contributed by atoms with Crippen molar-refractivity contribution in [2.75, 3.05) is 19.8 Å². The first-order chi connectivity index (χ1) is 5.22. The Balaban J connectivity index is 3.28. The molecule has 11 heavy (non-hydrogen) atoms. The summed E-state index contributed by atoms with van der Waals surface area (Å²) >= 11 is 0. The van der Waals surface area contributed by atoms with Gasteiger partial charge in [-0.25, -0.2) is 0 Å². The molecule has 0 aliphatic carbocycles. The van der Waals surface area contributed by atoms with Gasteiger partial charge in [0.2, 0.25) is 0 Å². The molecule has 0 aliphatic heterocycles. The molecule has 0 saturated heterocycles. The van der Waals surface area contributed by atoms with Crippen molar-refractivity contribution in [3.8, 4) is 0 Å². The van der Waals surface area contributed by atoms with Crippen molar-refractivity contribution < 1.29 is 14.9 Å². The fraction of sp³-hybridized carbons (Fsp3) is 1.00. The van der Waals surface area contributed by atoms with Crippen molar-refractivity contribution in [1.82, 2.24) is 0 Å². The number of ether oxygens (including phenoxy) is 1. The molecule has 68 valence electrons. The quantitative estimate of drug-likeness (QED) is 0.443. The summed E-state index contributed by atoms with van der Waals surface area (Å²) in [6.45, 7) is 2.34. The van der Waals surface area contributed by atoms with Gasteiger partial charge in [0.05, 0.1) is 25.9 Å². The highest BCUT2D eigenvalue weighted by molar-refractivity contribution is 4.68. The van der Waals surface area contributed by atoms with Gasteiger partial charge >= 0.3 is 0 Å². The van der Waals surface area contributed by atoms with Crippen LogP contribution in [0.2, 0.25) is 0 Å². The van der Waals surface area contributed by atoms with Gasteiger partial charge in [0.25, 0.3) is 0 Å². The monoisotopic (exact) mass is 163 g/mol. The molecule has 0 aromatic carbocycles. The van der Waals surface area contributed by atoms with E-state index in [2.05, 4.69) is 0 Å². The van der Waals surface area contributed by atoms with E-state index in [4.69, 9.17) is 15.6 Å². The normalized spacial score (nSPS) is 16.4. The third-order valence-electron chi connectivity index (χ3n) is 1.49. The summed E-state index contributed by atoms with van der Waals surface area (Å²) in [7, 11) is 0. The SMILES string of the molecule is CCC(N)C(O)COCCO. The van der Waals surface area contributed by atoms with Crippen LogP contribution in [0.5, 0.6) is 0 Å². The first-order valence-electron chi connectivity index (χ1n) is 3.84. The minimum Gasteiger partial charge on any atom is -0.394 e. The third-order valence-corrected chi connectivity index (χ3v) is 1.49. The van der Waals surface area contributed by atoms with Crippen LogP contribution in [-0.2, 0) is 4.74 Å². The van der Waals surface area contributed by atoms with Crippen molar-refractivity contribution in [2.24, 2.45) is 5.73 Å². The molecule has 0 radical (unpaired) electrons. The minimum absolute atomic E-state index is 0.0198. The molecule has 4 N–H and O–H groups in total. The van der Waals surface area contributed by atoms with Gasteiger partial charge in [0.1, 0.15) is 0 Å². The Morgan fingerprint density at radius 3 is 2.64 bits per heavy atom. The molecule has 0 aromatic heterocycles. The molecule has 0 bridgehead atoms. The summed E-state index contributed by atoms with van der Waals surface area (Å²) < 4.78 is 4.89. The van der Waals surface area contributed by atoms with Gasteiger partial charge in [-0.2, -0.15) is 0 Å². The summed E-state index contributed by atoms with van der Waals surface area (Å²) in [5.74, 6) is 0. The fourth-order valence-corrected chi connectivity index (χ4v) is 0.664. The molecular formula is C7H17NO3. The Kier molecular flexibility index (Phi) is 6.45. The van der Waals surface area contributed by atoms with Crippen LogP contribution in [0.4, 0.5) is 0 Å². The lowest BCUT2D eigenvalue weighted by Crippen LogP contribution is -2.37. The highest BCUT2D eigenvalue weighted by Gasteiger charge is 2.11. The first kappa shape index (κ1) is 10.8. The van der Waals surface area contributed by atoms with Gasteiger partial charge in [-0.3, -0.25) is 0 Å². The average molecular weight is 163 g/mol. The van der Waals surface area contributed by atoms with E-state index in [-0.39, 0.29) is 25.9 Å². The van der Waals surface area contributed by atoms with Crippen molar-refractivity contribution in [3.63, 3.8) is 0 Å². The summed E-state index contributed by atoms with van der Waals surface area (Å²) in [5, 5.41) is 17.5. The van der Waals surface area contributed by atoms with Crippen LogP contribution in [0.15, 0.2) is 0 Å². The van der Waals surface area contributed by atoms with Crippen LogP contribution >= 0.6 is 0 Å². The molecule has 0 saturated carbocycles. The zero-order valence-corrected chi connectivity index (χ0v) is 6.86. The minimum atomic E-state index is -0.619. The van der Waals surface area contributed by atoms with E-state index in [9.17, 15) is 5.11 Å². The first-order valence-corrected chi connectivity index (χ1v) is 3.84. The largest absolute Gasteiger partial charge is 0.394 e. The number of rotatable bonds is 6. The maximum atomic E-state index is 9.21. The molecule has 0 heterocycles. The van der Waals surface area contributed by atoms with Crippen LogP contribution in [-0.4, -0.2) is 42.2 Å². The molecular weight excluding hydrogens is 146 g/mol. The second-order valence-corrected chi connectivity index (χ2v) is 2.44. The molecule has 0 aliphatic rings. The van der Waals surface area contributed by atoms with Crippen LogP contribution in [0.3, 0.4) is 0 Å². The van der Waals surface area contributed by atoms with Crippen molar-refractivity contribution in [1.29, 1.82) is 0 Å². The Labute approximate surface area is 67.0 Å². The highest BCUT2D eigenvalue weighted by atomic mass is 16.5. The fourth-order valence-electron chi connectivity index (χ4n) is 0.664. The number of nitrogens with two attached hydrogens (primary N) is 1. The third kappa shape index (κ3) is 5.15. The molecule has 0 aromatic rings. The Morgan fingerprint density at radius 2 is 2.18 bits per heavy atom. The van der Waals surface area contributed by atoms with Crippen LogP contribution < -0.4 is 5.73 Å². The number of aliphatic hydroxyl groups excluding tert-OH is 2. The van der Waals surface area contributed by atoms with Crippen molar-refractivity contribution in [2.45, 2.75) is 25.5 Å². The summed E-state index contributed by atoms with van der Waals surface area (Å²) in [4.78, 5) is 0. The van der Waals surface area contributed by atoms with Gasteiger partial charge in [0.15, 0.2) is 0 Å². The second-order valence-electron chi connectivity index (χ2n) is 2.44. The predicted octanol–water partition coefficient (Wildman–Crippen LogP) is -0.906. The molecule has 2 atom stereocenters. The Bertz CT molecular complexity index is 89.8. The lowest BCUT2D eigenvalue weighted by atomic mass is 10.1. The molecule has 0 rings (SSSR count). The molecule has 0 spiro atoms. The van der Waals surface area contributed by atoms with Crippen LogP contribution in [0.1, 0.15) is 13.3 Å². The van der Waals surface area contributed by atoms with Gasteiger partial charge in [-0.1, -0.05) is 6.92 Å². The van der Waals surface area contributed by atoms with E-state index in [1.54, 1.807) is 0 Å². The van der Waals surface area contributed by atoms with Crippen molar-refractivity contribution >= 4 is 0 Å². The maximum absolute atomic E-state index is 9.21. The average Bonchev–Trinajstić information content (AvgIpc) is 2.03. The lowest BCUT2D eigenvalue weighted by Gasteiger charge is -2.16. The molecule has 0 fully saturated rings. The standard InChI is InChI=1S/C7H17NO3/c1-2-6(8)7(10)5-11-4-3-9/h6-7,9-10H,2-5,8H2,1H3. The maximum Gasteiger partial charge on any atom is 0.0923 e. The van der Waals surface area contributed by atoms with E-state index >= 15 is 0 Å². The zero-order chi connectivity index (χ0) is 8.69. The smallest absolute Gasteiger partial charge is 0.0923 e. The van der Waals surface area contributed by atoms with Gasteiger partial charge in [-0.05, 0) is 6.42 Å². The van der Waals surface area contributed by atoms with Crippen molar-refractivity contribution in [3.05, 3.63) is 0 Å². The summed E-state index contributed by atoms with van der Waals surface area (Å²) in [5.41, 5.74) is 5.51. The van der Waals surface area contributed by atoms with E-state index in [0.29, 0.717) is 0 Å². The molecule has 0 amide bonds. The number of aliphatic hydroxyl groups is 2. The number of hydrogen-bond acceptors (Lipinski definition) is 4. The molecule has 4 nitrogen and oxygen atoms in total. The lowest BCUT2D eigenvalue weighted by molar-refractivity contribution is 0.0100.